The second-order valence-electron chi connectivity index (χ2n) is 5.67. The van der Waals surface area contributed by atoms with Crippen LogP contribution in [0, 0.1) is 12.7 Å². The van der Waals surface area contributed by atoms with Gasteiger partial charge in [0.25, 0.3) is 5.91 Å². The third-order valence-corrected chi connectivity index (χ3v) is 4.70. The van der Waals surface area contributed by atoms with Crippen LogP contribution in [0.4, 0.5) is 4.39 Å². The Labute approximate surface area is 138 Å². The number of nitrogens with zero attached hydrogens (tertiary/aromatic N) is 4. The first-order chi connectivity index (χ1) is 11.1. The van der Waals surface area contributed by atoms with Crippen LogP contribution in [-0.2, 0) is 6.54 Å². The van der Waals surface area contributed by atoms with Gasteiger partial charge in [0, 0.05) is 44.3 Å². The van der Waals surface area contributed by atoms with Crippen molar-refractivity contribution in [3.05, 3.63) is 45.9 Å². The molecule has 1 saturated heterocycles. The number of pyridine rings is 1. The summed E-state index contributed by atoms with van der Waals surface area (Å²) < 4.78 is 13.2. The largest absolute Gasteiger partial charge is 0.337 e. The Kier molecular flexibility index (Phi) is 4.97. The van der Waals surface area contributed by atoms with Crippen LogP contribution in [-0.4, -0.2) is 51.9 Å². The summed E-state index contributed by atoms with van der Waals surface area (Å²) in [7, 11) is 0. The minimum atomic E-state index is -0.480. The van der Waals surface area contributed by atoms with Gasteiger partial charge in [0.1, 0.15) is 5.82 Å². The van der Waals surface area contributed by atoms with Crippen molar-refractivity contribution in [2.24, 2.45) is 0 Å². The predicted octanol–water partition coefficient (Wildman–Crippen LogP) is 2.33. The van der Waals surface area contributed by atoms with Gasteiger partial charge in [-0.15, -0.1) is 11.3 Å². The Morgan fingerprint density at radius 3 is 2.91 bits per heavy atom. The van der Waals surface area contributed by atoms with Crippen LogP contribution in [0.2, 0.25) is 0 Å². The number of aryl methyl sites for hydroxylation is 1. The normalized spacial score (nSPS) is 16.3. The summed E-state index contributed by atoms with van der Waals surface area (Å²) in [6, 6.07) is 1.25. The topological polar surface area (TPSA) is 49.3 Å². The van der Waals surface area contributed by atoms with Crippen molar-refractivity contribution in [3.8, 4) is 0 Å². The highest BCUT2D eigenvalue weighted by atomic mass is 32.1. The quantitative estimate of drug-likeness (QED) is 0.864. The van der Waals surface area contributed by atoms with Crippen LogP contribution in [0.15, 0.2) is 23.8 Å². The summed E-state index contributed by atoms with van der Waals surface area (Å²) in [5.41, 5.74) is 1.40. The summed E-state index contributed by atoms with van der Waals surface area (Å²) in [4.78, 5) is 24.8. The Morgan fingerprint density at radius 1 is 1.30 bits per heavy atom. The number of rotatable bonds is 3. The van der Waals surface area contributed by atoms with E-state index in [2.05, 4.69) is 20.2 Å². The minimum absolute atomic E-state index is 0.150. The van der Waals surface area contributed by atoms with Crippen LogP contribution >= 0.6 is 11.3 Å². The monoisotopic (exact) mass is 334 g/mol. The molecule has 5 nitrogen and oxygen atoms in total. The average Bonchev–Trinajstić information content (AvgIpc) is 2.80. The molecule has 0 aromatic carbocycles. The molecule has 23 heavy (non-hydrogen) atoms. The Hall–Kier alpha value is -1.86. The lowest BCUT2D eigenvalue weighted by atomic mass is 10.2. The van der Waals surface area contributed by atoms with E-state index in [1.54, 1.807) is 16.2 Å². The SMILES string of the molecule is Cc1nc(CN2CCCN(C(=O)c3cncc(F)c3)CC2)cs1. The maximum atomic E-state index is 13.2. The molecule has 0 aliphatic carbocycles. The number of aromatic nitrogens is 2. The van der Waals surface area contributed by atoms with E-state index in [1.165, 1.54) is 12.3 Å². The van der Waals surface area contributed by atoms with Crippen molar-refractivity contribution < 1.29 is 9.18 Å². The number of hydrogen-bond acceptors (Lipinski definition) is 5. The maximum Gasteiger partial charge on any atom is 0.255 e. The summed E-state index contributed by atoms with van der Waals surface area (Å²) in [5, 5.41) is 3.16. The zero-order valence-electron chi connectivity index (χ0n) is 13.0. The molecular formula is C16H19FN4OS. The molecule has 2 aromatic rings. The molecule has 0 N–H and O–H groups in total. The van der Waals surface area contributed by atoms with E-state index in [0.717, 1.165) is 43.0 Å². The molecule has 1 aliphatic heterocycles. The van der Waals surface area contributed by atoms with Crippen LogP contribution in [0.25, 0.3) is 0 Å². The van der Waals surface area contributed by atoms with Gasteiger partial charge < -0.3 is 4.90 Å². The molecule has 7 heteroatoms. The highest BCUT2D eigenvalue weighted by Gasteiger charge is 2.21. The molecule has 0 bridgehead atoms. The van der Waals surface area contributed by atoms with E-state index in [-0.39, 0.29) is 5.91 Å². The van der Waals surface area contributed by atoms with Crippen molar-refractivity contribution in [3.63, 3.8) is 0 Å². The van der Waals surface area contributed by atoms with Gasteiger partial charge in [-0.05, 0) is 19.4 Å². The van der Waals surface area contributed by atoms with Gasteiger partial charge in [-0.1, -0.05) is 0 Å². The molecule has 0 unspecified atom stereocenters. The van der Waals surface area contributed by atoms with Crippen molar-refractivity contribution >= 4 is 17.2 Å². The van der Waals surface area contributed by atoms with Gasteiger partial charge in [-0.2, -0.15) is 0 Å². The molecule has 0 saturated carbocycles. The molecule has 1 fully saturated rings. The fraction of sp³-hybridized carbons (Fsp3) is 0.438. The van der Waals surface area contributed by atoms with E-state index in [1.807, 2.05) is 6.92 Å². The van der Waals surface area contributed by atoms with Gasteiger partial charge in [0.2, 0.25) is 0 Å². The van der Waals surface area contributed by atoms with Gasteiger partial charge >= 0.3 is 0 Å². The van der Waals surface area contributed by atoms with E-state index < -0.39 is 5.82 Å². The van der Waals surface area contributed by atoms with E-state index >= 15 is 0 Å². The fourth-order valence-electron chi connectivity index (χ4n) is 2.75. The van der Waals surface area contributed by atoms with Crippen molar-refractivity contribution in [2.75, 3.05) is 26.2 Å². The Bertz CT molecular complexity index is 690. The summed E-state index contributed by atoms with van der Waals surface area (Å²) in [6.45, 7) is 5.87. The lowest BCUT2D eigenvalue weighted by molar-refractivity contribution is 0.0760. The smallest absolute Gasteiger partial charge is 0.255 e. The third kappa shape index (κ3) is 4.11. The van der Waals surface area contributed by atoms with Gasteiger partial charge in [0.15, 0.2) is 0 Å². The summed E-state index contributed by atoms with van der Waals surface area (Å²) in [5.74, 6) is -0.630. The molecule has 0 atom stereocenters. The zero-order chi connectivity index (χ0) is 16.2. The predicted molar refractivity (Wildman–Crippen MR) is 86.8 cm³/mol. The molecular weight excluding hydrogens is 315 g/mol. The standard InChI is InChI=1S/C16H19FN4OS/c1-12-19-15(11-23-12)10-20-3-2-4-21(6-5-20)16(22)13-7-14(17)9-18-8-13/h7-9,11H,2-6,10H2,1H3. The second-order valence-corrected chi connectivity index (χ2v) is 6.73. The van der Waals surface area contributed by atoms with Gasteiger partial charge in [-0.25, -0.2) is 9.37 Å². The van der Waals surface area contributed by atoms with Crippen molar-refractivity contribution in [2.45, 2.75) is 19.9 Å². The molecule has 0 spiro atoms. The maximum absolute atomic E-state index is 13.2. The third-order valence-electron chi connectivity index (χ3n) is 3.88. The highest BCUT2D eigenvalue weighted by molar-refractivity contribution is 7.09. The first-order valence-corrected chi connectivity index (χ1v) is 8.53. The summed E-state index contributed by atoms with van der Waals surface area (Å²) in [6.07, 6.45) is 3.43. The molecule has 122 valence electrons. The lowest BCUT2D eigenvalue weighted by Gasteiger charge is -2.21. The Morgan fingerprint density at radius 2 is 2.17 bits per heavy atom. The lowest BCUT2D eigenvalue weighted by Crippen LogP contribution is -2.35. The van der Waals surface area contributed by atoms with Crippen LogP contribution in [0.5, 0.6) is 0 Å². The molecule has 3 heterocycles. The minimum Gasteiger partial charge on any atom is -0.337 e. The molecule has 3 rings (SSSR count). The molecule has 0 radical (unpaired) electrons. The first kappa shape index (κ1) is 16.0. The van der Waals surface area contributed by atoms with E-state index in [4.69, 9.17) is 0 Å². The fourth-order valence-corrected chi connectivity index (χ4v) is 3.36. The highest BCUT2D eigenvalue weighted by Crippen LogP contribution is 2.14. The number of hydrogen-bond donors (Lipinski definition) is 0. The number of amides is 1. The zero-order valence-corrected chi connectivity index (χ0v) is 13.9. The molecule has 2 aromatic heterocycles. The van der Waals surface area contributed by atoms with Gasteiger partial charge in [-0.3, -0.25) is 14.7 Å². The van der Waals surface area contributed by atoms with Crippen molar-refractivity contribution in [1.29, 1.82) is 0 Å². The van der Waals surface area contributed by atoms with Crippen LogP contribution in [0.3, 0.4) is 0 Å². The Balaban J connectivity index is 1.60. The van der Waals surface area contributed by atoms with Gasteiger partial charge in [0.05, 0.1) is 22.5 Å². The van der Waals surface area contributed by atoms with Crippen LogP contribution in [0.1, 0.15) is 27.5 Å². The number of carbonyl (C=O) groups is 1. The molecule has 1 amide bonds. The number of carbonyl (C=O) groups excluding carboxylic acids is 1. The number of halogens is 1. The summed E-state index contributed by atoms with van der Waals surface area (Å²) >= 11 is 1.66. The second kappa shape index (κ2) is 7.14. The number of thiazole rings is 1. The van der Waals surface area contributed by atoms with Crippen molar-refractivity contribution in [1.82, 2.24) is 19.8 Å². The van der Waals surface area contributed by atoms with E-state index in [0.29, 0.717) is 18.7 Å². The molecule has 1 aliphatic rings. The van der Waals surface area contributed by atoms with Crippen LogP contribution < -0.4 is 0 Å². The average molecular weight is 334 g/mol. The first-order valence-electron chi connectivity index (χ1n) is 7.65. The van der Waals surface area contributed by atoms with E-state index in [9.17, 15) is 9.18 Å².